The number of amides is 2. The molecule has 0 aromatic carbocycles. The lowest BCUT2D eigenvalue weighted by Crippen LogP contribution is -2.49. The average molecular weight is 257 g/mol. The molecule has 0 saturated carbocycles. The lowest BCUT2D eigenvalue weighted by molar-refractivity contribution is -0.139. The predicted molar refractivity (Wildman–Crippen MR) is 68.5 cm³/mol. The minimum absolute atomic E-state index is 0.295. The molecule has 2 amide bonds. The average Bonchev–Trinajstić information content (AvgIpc) is 2.86. The molecule has 2 atom stereocenters. The van der Waals surface area contributed by atoms with E-state index in [4.69, 9.17) is 5.11 Å². The van der Waals surface area contributed by atoms with Crippen LogP contribution in [0.25, 0.3) is 0 Å². The number of nitrogens with one attached hydrogen (secondary N) is 2. The molecule has 3 N–H and O–H groups in total. The Kier molecular flexibility index (Phi) is 5.91. The third-order valence-corrected chi connectivity index (χ3v) is 3.33. The molecule has 1 heterocycles. The van der Waals surface area contributed by atoms with Crippen LogP contribution in [0.3, 0.4) is 0 Å². The summed E-state index contributed by atoms with van der Waals surface area (Å²) in [5.41, 5.74) is 0. The Bertz CT molecular complexity index is 290. The minimum Gasteiger partial charge on any atom is -0.480 e. The number of carboxylic acids is 1. The van der Waals surface area contributed by atoms with Gasteiger partial charge in [-0.1, -0.05) is 6.92 Å². The first-order chi connectivity index (χ1) is 8.54. The second kappa shape index (κ2) is 7.20. The van der Waals surface area contributed by atoms with Crippen LogP contribution in [-0.2, 0) is 4.79 Å². The lowest BCUT2D eigenvalue weighted by atomic mass is 10.2. The Morgan fingerprint density at radius 2 is 1.94 bits per heavy atom. The number of hydrogen-bond acceptors (Lipinski definition) is 3. The van der Waals surface area contributed by atoms with Gasteiger partial charge in [-0.2, -0.15) is 0 Å². The van der Waals surface area contributed by atoms with E-state index in [0.717, 1.165) is 13.1 Å². The summed E-state index contributed by atoms with van der Waals surface area (Å²) in [6.45, 7) is 6.50. The normalized spacial score (nSPS) is 19.2. The van der Waals surface area contributed by atoms with E-state index < -0.39 is 18.0 Å². The summed E-state index contributed by atoms with van der Waals surface area (Å²) in [4.78, 5) is 24.6. The van der Waals surface area contributed by atoms with Crippen LogP contribution in [-0.4, -0.2) is 53.7 Å². The molecule has 0 spiro atoms. The monoisotopic (exact) mass is 257 g/mol. The molecule has 0 radical (unpaired) electrons. The van der Waals surface area contributed by atoms with Crippen LogP contribution < -0.4 is 10.6 Å². The summed E-state index contributed by atoms with van der Waals surface area (Å²) in [7, 11) is 0. The number of urea groups is 1. The number of rotatable bonds is 6. The number of aliphatic carboxylic acids is 1. The molecule has 2 unspecified atom stereocenters. The molecule has 0 aromatic heterocycles. The van der Waals surface area contributed by atoms with Gasteiger partial charge in [-0.25, -0.2) is 9.59 Å². The van der Waals surface area contributed by atoms with Crippen molar-refractivity contribution in [2.24, 2.45) is 0 Å². The van der Waals surface area contributed by atoms with Gasteiger partial charge in [-0.05, 0) is 39.3 Å². The zero-order chi connectivity index (χ0) is 13.5. The van der Waals surface area contributed by atoms with E-state index in [9.17, 15) is 9.59 Å². The number of likely N-dealkylation sites (tertiary alicyclic amines) is 1. The van der Waals surface area contributed by atoms with Crippen molar-refractivity contribution in [2.75, 3.05) is 19.6 Å². The van der Waals surface area contributed by atoms with Gasteiger partial charge in [0.1, 0.15) is 6.04 Å². The van der Waals surface area contributed by atoms with Crippen LogP contribution in [0.1, 0.15) is 33.1 Å². The SMILES string of the molecule is CCC(NC(=O)NCC(C)N1CCCC1)C(=O)O. The summed E-state index contributed by atoms with van der Waals surface area (Å²) in [6, 6.07) is -0.925. The van der Waals surface area contributed by atoms with E-state index in [2.05, 4.69) is 22.5 Å². The van der Waals surface area contributed by atoms with Crippen molar-refractivity contribution in [2.45, 2.75) is 45.2 Å². The highest BCUT2D eigenvalue weighted by atomic mass is 16.4. The first kappa shape index (κ1) is 14.8. The highest BCUT2D eigenvalue weighted by Gasteiger charge is 2.20. The predicted octanol–water partition coefficient (Wildman–Crippen LogP) is 0.633. The van der Waals surface area contributed by atoms with Crippen molar-refractivity contribution < 1.29 is 14.7 Å². The van der Waals surface area contributed by atoms with Crippen molar-refractivity contribution >= 4 is 12.0 Å². The summed E-state index contributed by atoms with van der Waals surface area (Å²) in [6.07, 6.45) is 2.81. The van der Waals surface area contributed by atoms with Gasteiger partial charge >= 0.3 is 12.0 Å². The number of carbonyl (C=O) groups excluding carboxylic acids is 1. The number of carbonyl (C=O) groups is 2. The topological polar surface area (TPSA) is 81.7 Å². The van der Waals surface area contributed by atoms with Gasteiger partial charge in [0.2, 0.25) is 0 Å². The molecule has 0 aliphatic carbocycles. The second-order valence-electron chi connectivity index (χ2n) is 4.75. The van der Waals surface area contributed by atoms with Gasteiger partial charge in [0, 0.05) is 12.6 Å². The van der Waals surface area contributed by atoms with Crippen LogP contribution in [0, 0.1) is 0 Å². The van der Waals surface area contributed by atoms with Gasteiger partial charge in [0.05, 0.1) is 0 Å². The fraction of sp³-hybridized carbons (Fsp3) is 0.833. The van der Waals surface area contributed by atoms with E-state index >= 15 is 0 Å². The summed E-state index contributed by atoms with van der Waals surface area (Å²) < 4.78 is 0. The molecule has 0 bridgehead atoms. The van der Waals surface area contributed by atoms with E-state index in [0.29, 0.717) is 19.0 Å². The number of carboxylic acid groups (broad SMARTS) is 1. The van der Waals surface area contributed by atoms with Gasteiger partial charge in [0.25, 0.3) is 0 Å². The lowest BCUT2D eigenvalue weighted by Gasteiger charge is -2.24. The van der Waals surface area contributed by atoms with Gasteiger partial charge in [0.15, 0.2) is 0 Å². The molecule has 6 nitrogen and oxygen atoms in total. The maximum Gasteiger partial charge on any atom is 0.326 e. The largest absolute Gasteiger partial charge is 0.480 e. The standard InChI is InChI=1S/C12H23N3O3/c1-3-10(11(16)17)14-12(18)13-8-9(2)15-6-4-5-7-15/h9-10H,3-8H2,1-2H3,(H,16,17)(H2,13,14,18). The molecule has 1 saturated heterocycles. The molecular weight excluding hydrogens is 234 g/mol. The molecule has 1 aliphatic heterocycles. The summed E-state index contributed by atoms with van der Waals surface area (Å²) >= 11 is 0. The Labute approximate surface area is 108 Å². The van der Waals surface area contributed by atoms with E-state index in [1.165, 1.54) is 12.8 Å². The zero-order valence-corrected chi connectivity index (χ0v) is 11.1. The minimum atomic E-state index is -1.000. The molecule has 1 rings (SSSR count). The molecular formula is C12H23N3O3. The third kappa shape index (κ3) is 4.52. The molecule has 18 heavy (non-hydrogen) atoms. The fourth-order valence-corrected chi connectivity index (χ4v) is 2.10. The van der Waals surface area contributed by atoms with Gasteiger partial charge in [-0.15, -0.1) is 0 Å². The fourth-order valence-electron chi connectivity index (χ4n) is 2.10. The Morgan fingerprint density at radius 3 is 2.44 bits per heavy atom. The van der Waals surface area contributed by atoms with Crippen LogP contribution in [0.2, 0.25) is 0 Å². The van der Waals surface area contributed by atoms with Crippen LogP contribution in [0.5, 0.6) is 0 Å². The number of hydrogen-bond donors (Lipinski definition) is 3. The third-order valence-electron chi connectivity index (χ3n) is 3.33. The smallest absolute Gasteiger partial charge is 0.326 e. The molecule has 6 heteroatoms. The highest BCUT2D eigenvalue weighted by Crippen LogP contribution is 2.10. The second-order valence-corrected chi connectivity index (χ2v) is 4.75. The van der Waals surface area contributed by atoms with Crippen molar-refractivity contribution in [3.8, 4) is 0 Å². The van der Waals surface area contributed by atoms with Crippen LogP contribution in [0.15, 0.2) is 0 Å². The summed E-state index contributed by atoms with van der Waals surface area (Å²) in [5, 5.41) is 14.0. The Balaban J connectivity index is 2.25. The Morgan fingerprint density at radius 1 is 1.33 bits per heavy atom. The molecule has 1 aliphatic rings. The van der Waals surface area contributed by atoms with E-state index in [1.807, 2.05) is 0 Å². The Hall–Kier alpha value is -1.30. The molecule has 104 valence electrons. The molecule has 1 fully saturated rings. The van der Waals surface area contributed by atoms with Crippen LogP contribution in [0.4, 0.5) is 4.79 Å². The maximum absolute atomic E-state index is 11.5. The van der Waals surface area contributed by atoms with Gasteiger partial charge in [-0.3, -0.25) is 4.90 Å². The zero-order valence-electron chi connectivity index (χ0n) is 11.1. The number of nitrogens with zero attached hydrogens (tertiary/aromatic N) is 1. The van der Waals surface area contributed by atoms with E-state index in [-0.39, 0.29) is 0 Å². The summed E-state index contributed by atoms with van der Waals surface area (Å²) in [5.74, 6) is -1.000. The first-order valence-electron chi connectivity index (χ1n) is 6.55. The van der Waals surface area contributed by atoms with Crippen molar-refractivity contribution in [1.82, 2.24) is 15.5 Å². The molecule has 0 aromatic rings. The first-order valence-corrected chi connectivity index (χ1v) is 6.55. The quantitative estimate of drug-likeness (QED) is 0.652. The van der Waals surface area contributed by atoms with Gasteiger partial charge < -0.3 is 15.7 Å². The van der Waals surface area contributed by atoms with Crippen molar-refractivity contribution in [3.05, 3.63) is 0 Å². The van der Waals surface area contributed by atoms with Crippen LogP contribution >= 0.6 is 0 Å². The highest BCUT2D eigenvalue weighted by molar-refractivity contribution is 5.82. The maximum atomic E-state index is 11.5. The van der Waals surface area contributed by atoms with Crippen molar-refractivity contribution in [3.63, 3.8) is 0 Å². The van der Waals surface area contributed by atoms with E-state index in [1.54, 1.807) is 6.92 Å². The van der Waals surface area contributed by atoms with Crippen molar-refractivity contribution in [1.29, 1.82) is 0 Å².